The summed E-state index contributed by atoms with van der Waals surface area (Å²) in [6.45, 7) is 3.58. The Balaban J connectivity index is 0.00000264. The Kier molecular flexibility index (Phi) is 8.10. The van der Waals surface area contributed by atoms with E-state index < -0.39 is 8.80 Å². The smallest absolute Gasteiger partial charge is 0.155 e. The zero-order valence-electron chi connectivity index (χ0n) is 13.2. The fraction of sp³-hybridized carbons (Fsp3) is 0.222. The molecule has 2 radical (unpaired) electrons. The average molecular weight is 502 g/mol. The van der Waals surface area contributed by atoms with Crippen molar-refractivity contribution in [1.82, 2.24) is 4.98 Å². The second-order valence-corrected chi connectivity index (χ2v) is 7.97. The van der Waals surface area contributed by atoms with E-state index in [9.17, 15) is 9.90 Å². The van der Waals surface area contributed by atoms with E-state index in [-0.39, 0.29) is 31.6 Å². The van der Waals surface area contributed by atoms with Gasteiger partial charge in [0, 0.05) is 31.9 Å². The molecule has 1 N–H and O–H groups in total. The predicted molar refractivity (Wildman–Crippen MR) is 90.0 cm³/mol. The number of hydrogen-bond acceptors (Lipinski definition) is 3. The van der Waals surface area contributed by atoms with E-state index in [0.29, 0.717) is 6.04 Å². The van der Waals surface area contributed by atoms with E-state index in [4.69, 9.17) is 0 Å². The Morgan fingerprint density at radius 3 is 2.74 bits per heavy atom. The first-order valence-electron chi connectivity index (χ1n) is 7.19. The molecule has 1 heterocycles. The van der Waals surface area contributed by atoms with Crippen molar-refractivity contribution in [2.24, 2.45) is 0 Å². The van der Waals surface area contributed by atoms with Crippen LogP contribution in [0.3, 0.4) is 0 Å². The average Bonchev–Trinajstić information content (AvgIpc) is 2.47. The quantitative estimate of drug-likeness (QED) is 0.284. The molecular formula is C18H19IrNO2Si-. The van der Waals surface area contributed by atoms with Crippen LogP contribution in [0.1, 0.15) is 12.6 Å². The first-order valence-corrected chi connectivity index (χ1v) is 9.60. The van der Waals surface area contributed by atoms with Gasteiger partial charge in [-0.25, -0.2) is 0 Å². The number of benzene rings is 1. The number of aliphatic hydroxyl groups is 1. The molecule has 0 aliphatic carbocycles. The van der Waals surface area contributed by atoms with Gasteiger partial charge in [0.05, 0.1) is 14.6 Å². The van der Waals surface area contributed by atoms with Gasteiger partial charge in [0.25, 0.3) is 0 Å². The summed E-state index contributed by atoms with van der Waals surface area (Å²) in [7, 11) is -0.827. The third-order valence-corrected chi connectivity index (χ3v) is 5.06. The zero-order chi connectivity index (χ0) is 15.9. The Morgan fingerprint density at radius 2 is 2.09 bits per heavy atom. The number of pyridine rings is 1. The summed E-state index contributed by atoms with van der Waals surface area (Å²) >= 11 is 0. The van der Waals surface area contributed by atoms with Crippen molar-refractivity contribution in [2.45, 2.75) is 25.6 Å². The van der Waals surface area contributed by atoms with Crippen molar-refractivity contribution in [3.05, 3.63) is 66.1 Å². The number of rotatable bonds is 6. The molecule has 0 fully saturated rings. The fourth-order valence-electron chi connectivity index (χ4n) is 2.25. The van der Waals surface area contributed by atoms with E-state index >= 15 is 0 Å². The summed E-state index contributed by atoms with van der Waals surface area (Å²) in [6, 6.07) is 18.4. The fourth-order valence-corrected chi connectivity index (χ4v) is 3.91. The zero-order valence-corrected chi connectivity index (χ0v) is 16.6. The second kappa shape index (κ2) is 9.56. The molecular weight excluding hydrogens is 483 g/mol. The van der Waals surface area contributed by atoms with Crippen LogP contribution >= 0.6 is 0 Å². The molecule has 2 rings (SSSR count). The third kappa shape index (κ3) is 6.61. The Morgan fingerprint density at radius 1 is 1.30 bits per heavy atom. The van der Waals surface area contributed by atoms with Gasteiger partial charge in [-0.3, -0.25) is 4.79 Å². The maximum absolute atomic E-state index is 11.0. The van der Waals surface area contributed by atoms with Crippen molar-refractivity contribution < 1.29 is 30.0 Å². The molecule has 0 amide bonds. The van der Waals surface area contributed by atoms with Gasteiger partial charge < -0.3 is 10.1 Å². The van der Waals surface area contributed by atoms with Crippen LogP contribution in [0.15, 0.2) is 54.3 Å². The first-order chi connectivity index (χ1) is 10.5. The second-order valence-electron chi connectivity index (χ2n) is 5.35. The van der Waals surface area contributed by atoms with E-state index in [1.807, 2.05) is 42.5 Å². The van der Waals surface area contributed by atoms with Gasteiger partial charge in [-0.1, -0.05) is 18.7 Å². The van der Waals surface area contributed by atoms with Crippen LogP contribution in [0.2, 0.25) is 12.6 Å². The van der Waals surface area contributed by atoms with E-state index in [2.05, 4.69) is 17.6 Å². The summed E-state index contributed by atoms with van der Waals surface area (Å²) in [4.78, 5) is 15.6. The van der Waals surface area contributed by atoms with Gasteiger partial charge in [0.15, 0.2) is 5.78 Å². The topological polar surface area (TPSA) is 50.2 Å². The minimum Gasteiger partial charge on any atom is -0.513 e. The number of aromatic nitrogens is 1. The molecule has 5 heteroatoms. The first kappa shape index (κ1) is 19.5. The minimum absolute atomic E-state index is 0. The molecule has 122 valence electrons. The van der Waals surface area contributed by atoms with Gasteiger partial charge in [-0.05, 0) is 30.8 Å². The molecule has 1 aromatic carbocycles. The number of aliphatic hydroxyl groups excluding tert-OH is 1. The molecule has 0 saturated heterocycles. The number of carbonyl (C=O) groups is 1. The SMILES string of the molecule is CC(=O)/C=C(\O)C[Si](C)Cc1cccc(-c2[c-]cccc2)n1.[Ir]. The summed E-state index contributed by atoms with van der Waals surface area (Å²) in [5.41, 5.74) is 2.91. The van der Waals surface area contributed by atoms with Crippen LogP contribution in [0.4, 0.5) is 0 Å². The van der Waals surface area contributed by atoms with Crippen LogP contribution in [0, 0.1) is 6.07 Å². The molecule has 0 bridgehead atoms. The van der Waals surface area contributed by atoms with Gasteiger partial charge >= 0.3 is 0 Å². The van der Waals surface area contributed by atoms with E-state index in [1.54, 1.807) is 0 Å². The van der Waals surface area contributed by atoms with Crippen LogP contribution in [-0.2, 0) is 30.9 Å². The third-order valence-electron chi connectivity index (χ3n) is 3.13. The molecule has 3 nitrogen and oxygen atoms in total. The molecule has 1 aromatic heterocycles. The minimum atomic E-state index is -0.827. The molecule has 0 aliphatic heterocycles. The van der Waals surface area contributed by atoms with Crippen molar-refractivity contribution in [2.75, 3.05) is 0 Å². The van der Waals surface area contributed by atoms with Gasteiger partial charge in [0.1, 0.15) is 0 Å². The molecule has 23 heavy (non-hydrogen) atoms. The summed E-state index contributed by atoms with van der Waals surface area (Å²) < 4.78 is 0. The summed E-state index contributed by atoms with van der Waals surface area (Å²) in [5.74, 6) is 0.0588. The summed E-state index contributed by atoms with van der Waals surface area (Å²) in [5, 5.41) is 9.74. The number of carbonyl (C=O) groups excluding carboxylic acids is 1. The van der Waals surface area contributed by atoms with E-state index in [0.717, 1.165) is 23.0 Å². The molecule has 0 aliphatic rings. The van der Waals surface area contributed by atoms with Crippen molar-refractivity contribution in [1.29, 1.82) is 0 Å². The largest absolute Gasteiger partial charge is 0.513 e. The van der Waals surface area contributed by atoms with Crippen molar-refractivity contribution in [3.8, 4) is 11.3 Å². The van der Waals surface area contributed by atoms with E-state index in [1.165, 1.54) is 13.0 Å². The number of nitrogens with zero attached hydrogens (tertiary/aromatic N) is 1. The monoisotopic (exact) mass is 502 g/mol. The number of allylic oxidation sites excluding steroid dienone is 2. The Labute approximate surface area is 152 Å². The molecule has 2 aromatic rings. The molecule has 0 spiro atoms. The Hall–Kier alpha value is -1.55. The Bertz CT molecular complexity index is 674. The van der Waals surface area contributed by atoms with Crippen molar-refractivity contribution >= 4 is 14.6 Å². The molecule has 0 atom stereocenters. The number of hydrogen-bond donors (Lipinski definition) is 1. The van der Waals surface area contributed by atoms with Gasteiger partial charge in [-0.15, -0.1) is 35.9 Å². The predicted octanol–water partition coefficient (Wildman–Crippen LogP) is 3.78. The molecule has 0 unspecified atom stereocenters. The molecule has 0 saturated carbocycles. The van der Waals surface area contributed by atoms with Crippen LogP contribution in [0.25, 0.3) is 11.3 Å². The van der Waals surface area contributed by atoms with Crippen LogP contribution in [-0.4, -0.2) is 24.7 Å². The normalized spacial score (nSPS) is 11.2. The van der Waals surface area contributed by atoms with Gasteiger partial charge in [-0.2, -0.15) is 0 Å². The maximum Gasteiger partial charge on any atom is 0.155 e. The maximum atomic E-state index is 11.0. The number of ketones is 1. The van der Waals surface area contributed by atoms with Crippen molar-refractivity contribution in [3.63, 3.8) is 0 Å². The van der Waals surface area contributed by atoms with Crippen LogP contribution in [0.5, 0.6) is 0 Å². The van der Waals surface area contributed by atoms with Gasteiger partial charge in [0.2, 0.25) is 0 Å². The summed E-state index contributed by atoms with van der Waals surface area (Å²) in [6.07, 6.45) is 1.30. The standard InChI is InChI=1S/C18H19NO2Si.Ir/c1-14(20)11-17(21)13-22(2)12-16-9-6-10-18(19-16)15-7-4-3-5-8-15;/h3-7,9-11,21H,12-13H2,1-2H3;/q-1;/b17-11-;. The van der Waals surface area contributed by atoms with Crippen LogP contribution < -0.4 is 0 Å².